The van der Waals surface area contributed by atoms with Crippen LogP contribution in [0.3, 0.4) is 0 Å². The van der Waals surface area contributed by atoms with E-state index >= 15 is 0 Å². The molecule has 0 saturated heterocycles. The quantitative estimate of drug-likeness (QED) is 0.487. The second-order valence-electron chi connectivity index (χ2n) is 6.94. The average molecular weight is 444 g/mol. The normalized spacial score (nSPS) is 11.1. The first-order valence-corrected chi connectivity index (χ1v) is 9.95. The molecule has 10 heteroatoms. The van der Waals surface area contributed by atoms with Gasteiger partial charge in [0.2, 0.25) is 0 Å². The molecule has 30 heavy (non-hydrogen) atoms. The molecule has 0 aliphatic heterocycles. The Hall–Kier alpha value is -3.10. The van der Waals surface area contributed by atoms with Gasteiger partial charge in [0.1, 0.15) is 6.67 Å². The topological polar surface area (TPSA) is 82.6 Å². The van der Waals surface area contributed by atoms with E-state index in [1.807, 2.05) is 30.7 Å². The second kappa shape index (κ2) is 8.33. The fourth-order valence-electron chi connectivity index (χ4n) is 3.05. The number of carbonyl (C=O) groups excluding carboxylic acids is 1. The molecule has 0 radical (unpaired) electrons. The monoisotopic (exact) mass is 443 g/mol. The minimum atomic E-state index is -0.309. The maximum absolute atomic E-state index is 12.5. The number of aryl methyl sites for hydroxylation is 2. The van der Waals surface area contributed by atoms with Gasteiger partial charge in [-0.1, -0.05) is 29.3 Å². The fraction of sp³-hybridized carbons (Fsp3) is 0.200. The van der Waals surface area contributed by atoms with Crippen molar-refractivity contribution in [2.75, 3.05) is 5.32 Å². The lowest BCUT2D eigenvalue weighted by atomic mass is 10.2. The van der Waals surface area contributed by atoms with Crippen molar-refractivity contribution in [2.45, 2.75) is 27.1 Å². The Morgan fingerprint density at radius 1 is 1.07 bits per heavy atom. The van der Waals surface area contributed by atoms with Gasteiger partial charge >= 0.3 is 0 Å². The number of anilines is 1. The van der Waals surface area contributed by atoms with E-state index < -0.39 is 0 Å². The minimum Gasteiger partial charge on any atom is -0.318 e. The summed E-state index contributed by atoms with van der Waals surface area (Å²) in [6, 6.07) is 9.07. The SMILES string of the molecule is Cc1cc(C)n(Cn2ccc(C(=O)Nc3cnn(Cc4ccc(Cl)c(Cl)c4)c3)n2)n1. The van der Waals surface area contributed by atoms with E-state index in [-0.39, 0.29) is 5.91 Å². The number of hydrogen-bond donors (Lipinski definition) is 1. The largest absolute Gasteiger partial charge is 0.318 e. The Kier molecular flexibility index (Phi) is 5.61. The zero-order valence-electron chi connectivity index (χ0n) is 16.4. The fourth-order valence-corrected chi connectivity index (χ4v) is 3.37. The summed E-state index contributed by atoms with van der Waals surface area (Å²) in [6.07, 6.45) is 5.08. The van der Waals surface area contributed by atoms with Crippen molar-refractivity contribution in [3.63, 3.8) is 0 Å². The maximum Gasteiger partial charge on any atom is 0.276 e. The highest BCUT2D eigenvalue weighted by atomic mass is 35.5. The lowest BCUT2D eigenvalue weighted by Gasteiger charge is -2.04. The van der Waals surface area contributed by atoms with Crippen LogP contribution in [0.4, 0.5) is 5.69 Å². The van der Waals surface area contributed by atoms with Gasteiger partial charge < -0.3 is 5.32 Å². The Balaban J connectivity index is 1.39. The molecule has 0 unspecified atom stereocenters. The van der Waals surface area contributed by atoms with Gasteiger partial charge in [0.05, 0.1) is 34.2 Å². The van der Waals surface area contributed by atoms with Gasteiger partial charge in [-0.2, -0.15) is 15.3 Å². The second-order valence-corrected chi connectivity index (χ2v) is 7.75. The zero-order valence-corrected chi connectivity index (χ0v) is 17.9. The summed E-state index contributed by atoms with van der Waals surface area (Å²) in [6.45, 7) is 4.86. The van der Waals surface area contributed by atoms with E-state index in [2.05, 4.69) is 20.6 Å². The molecule has 0 saturated carbocycles. The third-order valence-corrected chi connectivity index (χ3v) is 5.21. The summed E-state index contributed by atoms with van der Waals surface area (Å²) < 4.78 is 5.20. The van der Waals surface area contributed by atoms with Crippen molar-refractivity contribution in [2.24, 2.45) is 0 Å². The highest BCUT2D eigenvalue weighted by Crippen LogP contribution is 2.23. The molecule has 1 aromatic carbocycles. The van der Waals surface area contributed by atoms with Crippen molar-refractivity contribution in [1.82, 2.24) is 29.3 Å². The Bertz CT molecular complexity index is 1210. The van der Waals surface area contributed by atoms with E-state index in [4.69, 9.17) is 23.2 Å². The molecule has 4 rings (SSSR count). The number of halogens is 2. The zero-order chi connectivity index (χ0) is 21.3. The predicted octanol–water partition coefficient (Wildman–Crippen LogP) is 4.01. The van der Waals surface area contributed by atoms with Crippen LogP contribution in [0.25, 0.3) is 0 Å². The first-order chi connectivity index (χ1) is 14.4. The Morgan fingerprint density at radius 2 is 1.90 bits per heavy atom. The van der Waals surface area contributed by atoms with Crippen molar-refractivity contribution in [3.8, 4) is 0 Å². The number of rotatable bonds is 6. The molecular weight excluding hydrogens is 425 g/mol. The van der Waals surface area contributed by atoms with Crippen LogP contribution in [0.2, 0.25) is 10.0 Å². The lowest BCUT2D eigenvalue weighted by Crippen LogP contribution is -2.15. The van der Waals surface area contributed by atoms with Gasteiger partial charge in [0.15, 0.2) is 5.69 Å². The smallest absolute Gasteiger partial charge is 0.276 e. The average Bonchev–Trinajstić information content (AvgIpc) is 3.40. The summed E-state index contributed by atoms with van der Waals surface area (Å²) in [5, 5.41) is 16.8. The minimum absolute atomic E-state index is 0.309. The molecule has 0 aliphatic carbocycles. The number of aromatic nitrogens is 6. The van der Waals surface area contributed by atoms with Crippen LogP contribution in [-0.2, 0) is 13.2 Å². The van der Waals surface area contributed by atoms with Crippen LogP contribution in [0.15, 0.2) is 48.9 Å². The van der Waals surface area contributed by atoms with Crippen LogP contribution in [-0.4, -0.2) is 35.2 Å². The van der Waals surface area contributed by atoms with Gasteiger partial charge in [-0.15, -0.1) is 0 Å². The van der Waals surface area contributed by atoms with E-state index in [9.17, 15) is 4.79 Å². The molecule has 3 aromatic heterocycles. The van der Waals surface area contributed by atoms with Crippen molar-refractivity contribution in [3.05, 3.63) is 81.6 Å². The molecule has 0 fully saturated rings. The van der Waals surface area contributed by atoms with Crippen molar-refractivity contribution < 1.29 is 4.79 Å². The first-order valence-electron chi connectivity index (χ1n) is 9.19. The highest BCUT2D eigenvalue weighted by molar-refractivity contribution is 6.42. The Morgan fingerprint density at radius 3 is 2.63 bits per heavy atom. The first kappa shape index (κ1) is 20.2. The summed E-state index contributed by atoms with van der Waals surface area (Å²) in [5.74, 6) is -0.309. The predicted molar refractivity (Wildman–Crippen MR) is 115 cm³/mol. The molecule has 0 aliphatic rings. The molecule has 0 atom stereocenters. The number of nitrogens with one attached hydrogen (secondary N) is 1. The molecule has 154 valence electrons. The van der Waals surface area contributed by atoms with Crippen LogP contribution < -0.4 is 5.32 Å². The summed E-state index contributed by atoms with van der Waals surface area (Å²) >= 11 is 12.0. The molecule has 8 nitrogen and oxygen atoms in total. The number of benzene rings is 1. The van der Waals surface area contributed by atoms with Gasteiger partial charge in [-0.3, -0.25) is 14.2 Å². The summed E-state index contributed by atoms with van der Waals surface area (Å²) in [4.78, 5) is 12.5. The van der Waals surface area contributed by atoms with Crippen molar-refractivity contribution in [1.29, 1.82) is 0 Å². The van der Waals surface area contributed by atoms with Crippen LogP contribution in [0.1, 0.15) is 27.4 Å². The van der Waals surface area contributed by atoms with Gasteiger partial charge in [0.25, 0.3) is 5.91 Å². The van der Waals surface area contributed by atoms with Crippen molar-refractivity contribution >= 4 is 34.8 Å². The summed E-state index contributed by atoms with van der Waals surface area (Å²) in [5.41, 5.74) is 3.81. The number of hydrogen-bond acceptors (Lipinski definition) is 4. The third-order valence-electron chi connectivity index (χ3n) is 4.48. The Labute approximate surface area is 183 Å². The maximum atomic E-state index is 12.5. The van der Waals surface area contributed by atoms with E-state index in [0.717, 1.165) is 17.0 Å². The lowest BCUT2D eigenvalue weighted by molar-refractivity contribution is 0.102. The van der Waals surface area contributed by atoms with Crippen LogP contribution in [0, 0.1) is 13.8 Å². The third kappa shape index (κ3) is 4.55. The number of carbonyl (C=O) groups is 1. The highest BCUT2D eigenvalue weighted by Gasteiger charge is 2.12. The van der Waals surface area contributed by atoms with E-state index in [0.29, 0.717) is 34.6 Å². The van der Waals surface area contributed by atoms with Gasteiger partial charge in [-0.25, -0.2) is 4.68 Å². The summed E-state index contributed by atoms with van der Waals surface area (Å²) in [7, 11) is 0. The number of amides is 1. The molecule has 0 spiro atoms. The van der Waals surface area contributed by atoms with Gasteiger partial charge in [-0.05, 0) is 43.7 Å². The van der Waals surface area contributed by atoms with Gasteiger partial charge in [0, 0.05) is 18.1 Å². The van der Waals surface area contributed by atoms with Crippen LogP contribution >= 0.6 is 23.2 Å². The molecule has 4 aromatic rings. The molecule has 1 amide bonds. The molecular formula is C20H19Cl2N7O. The van der Waals surface area contributed by atoms with Crippen LogP contribution in [0.5, 0.6) is 0 Å². The van der Waals surface area contributed by atoms with E-state index in [1.165, 1.54) is 0 Å². The molecule has 3 heterocycles. The number of nitrogens with zero attached hydrogens (tertiary/aromatic N) is 6. The van der Waals surface area contributed by atoms with E-state index in [1.54, 1.807) is 46.2 Å². The molecule has 0 bridgehead atoms. The molecule has 1 N–H and O–H groups in total. The standard InChI is InChI=1S/C20H19Cl2N7O/c1-13-7-14(2)29(25-13)12-27-6-5-19(26-27)20(30)24-16-9-23-28(11-16)10-15-3-4-17(21)18(22)8-15/h3-9,11H,10,12H2,1-2H3,(H,24,30).